The van der Waals surface area contributed by atoms with Crippen LogP contribution in [0.15, 0.2) is 53.4 Å². The topological polar surface area (TPSA) is 107 Å². The summed E-state index contributed by atoms with van der Waals surface area (Å²) in [5, 5.41) is 10.6. The number of nitrogen functional groups attached to an aromatic ring is 1. The van der Waals surface area contributed by atoms with E-state index in [2.05, 4.69) is 0 Å². The first kappa shape index (κ1) is 14.8. The van der Waals surface area contributed by atoms with Gasteiger partial charge in [-0.3, -0.25) is 14.4 Å². The van der Waals surface area contributed by atoms with Crippen molar-refractivity contribution in [2.24, 2.45) is 0 Å². The zero-order chi connectivity index (χ0) is 15.6. The minimum absolute atomic E-state index is 0.00847. The van der Waals surface area contributed by atoms with E-state index in [-0.39, 0.29) is 16.3 Å². The average molecular weight is 307 g/mol. The molecular formula is C13H13N3O4S. The lowest BCUT2D eigenvalue weighted by atomic mass is 10.3. The summed E-state index contributed by atoms with van der Waals surface area (Å²) in [4.78, 5) is 10.0. The maximum Gasteiger partial charge on any atom is 0.269 e. The van der Waals surface area contributed by atoms with E-state index in [4.69, 9.17) is 5.73 Å². The zero-order valence-corrected chi connectivity index (χ0v) is 11.9. The van der Waals surface area contributed by atoms with Crippen molar-refractivity contribution in [2.45, 2.75) is 4.90 Å². The third-order valence-electron chi connectivity index (χ3n) is 2.98. The summed E-state index contributed by atoms with van der Waals surface area (Å²) < 4.78 is 26.0. The minimum atomic E-state index is -3.82. The predicted octanol–water partition coefficient (Wildman–Crippen LogP) is 2.00. The molecule has 8 heteroatoms. The summed E-state index contributed by atoms with van der Waals surface area (Å²) in [7, 11) is -2.45. The third kappa shape index (κ3) is 2.79. The van der Waals surface area contributed by atoms with Crippen LogP contribution in [0.3, 0.4) is 0 Å². The van der Waals surface area contributed by atoms with Crippen molar-refractivity contribution in [2.75, 3.05) is 17.1 Å². The van der Waals surface area contributed by atoms with Crippen molar-refractivity contribution in [3.05, 3.63) is 58.6 Å². The summed E-state index contributed by atoms with van der Waals surface area (Å²) in [6.07, 6.45) is 0. The number of hydrogen-bond acceptors (Lipinski definition) is 5. The lowest BCUT2D eigenvalue weighted by Gasteiger charge is -2.20. The standard InChI is InChI=1S/C13H13N3O4S/c1-15(10-6-8-11(9-7-10)16(17)18)21(19,20)13-5-3-2-4-12(13)14/h2-9H,14H2,1H3. The van der Waals surface area contributed by atoms with Gasteiger partial charge in [0.25, 0.3) is 15.7 Å². The lowest BCUT2D eigenvalue weighted by molar-refractivity contribution is -0.384. The van der Waals surface area contributed by atoms with Gasteiger partial charge in [-0.05, 0) is 24.3 Å². The number of rotatable bonds is 4. The molecule has 2 aromatic carbocycles. The van der Waals surface area contributed by atoms with Crippen molar-refractivity contribution in [3.8, 4) is 0 Å². The first-order chi connectivity index (χ1) is 9.84. The predicted molar refractivity (Wildman–Crippen MR) is 79.5 cm³/mol. The molecule has 0 atom stereocenters. The molecule has 0 bridgehead atoms. The van der Waals surface area contributed by atoms with Crippen LogP contribution in [0.4, 0.5) is 17.1 Å². The number of benzene rings is 2. The highest BCUT2D eigenvalue weighted by molar-refractivity contribution is 7.93. The Morgan fingerprint density at radius 1 is 1.10 bits per heavy atom. The van der Waals surface area contributed by atoms with Crippen LogP contribution < -0.4 is 10.0 Å². The molecule has 2 aromatic rings. The van der Waals surface area contributed by atoms with Gasteiger partial charge in [0.2, 0.25) is 0 Å². The van der Waals surface area contributed by atoms with Gasteiger partial charge in [-0.1, -0.05) is 12.1 Å². The van der Waals surface area contributed by atoms with Gasteiger partial charge in [0.15, 0.2) is 0 Å². The number of nitro groups is 1. The maximum absolute atomic E-state index is 12.5. The van der Waals surface area contributed by atoms with Gasteiger partial charge in [-0.15, -0.1) is 0 Å². The molecule has 7 nitrogen and oxygen atoms in total. The molecule has 2 N–H and O–H groups in total. The van der Waals surface area contributed by atoms with Gasteiger partial charge in [-0.25, -0.2) is 8.42 Å². The van der Waals surface area contributed by atoms with Gasteiger partial charge >= 0.3 is 0 Å². The van der Waals surface area contributed by atoms with Crippen LogP contribution in [0.25, 0.3) is 0 Å². The molecule has 0 aliphatic rings. The zero-order valence-electron chi connectivity index (χ0n) is 11.1. The molecule has 2 rings (SSSR count). The average Bonchev–Trinajstić information content (AvgIpc) is 2.46. The SMILES string of the molecule is CN(c1ccc([N+](=O)[O-])cc1)S(=O)(=O)c1ccccc1N. The second-order valence-corrected chi connectivity index (χ2v) is 6.22. The molecule has 0 heterocycles. The van der Waals surface area contributed by atoms with Gasteiger partial charge in [0, 0.05) is 19.2 Å². The number of para-hydroxylation sites is 1. The monoisotopic (exact) mass is 307 g/mol. The van der Waals surface area contributed by atoms with Gasteiger partial charge in [-0.2, -0.15) is 0 Å². The van der Waals surface area contributed by atoms with E-state index in [1.165, 1.54) is 43.4 Å². The second-order valence-electron chi connectivity index (χ2n) is 4.28. The number of nitrogens with two attached hydrogens (primary N) is 1. The van der Waals surface area contributed by atoms with Crippen LogP contribution in [0, 0.1) is 10.1 Å². The smallest absolute Gasteiger partial charge is 0.269 e. The van der Waals surface area contributed by atoms with Crippen LogP contribution in [-0.2, 0) is 10.0 Å². The first-order valence-electron chi connectivity index (χ1n) is 5.92. The van der Waals surface area contributed by atoms with E-state index in [1.807, 2.05) is 0 Å². The normalized spacial score (nSPS) is 11.1. The molecule has 0 aliphatic carbocycles. The number of hydrogen-bond donors (Lipinski definition) is 1. The molecule has 21 heavy (non-hydrogen) atoms. The quantitative estimate of drug-likeness (QED) is 0.528. The molecule has 0 amide bonds. The fraction of sp³-hybridized carbons (Fsp3) is 0.0769. The largest absolute Gasteiger partial charge is 0.398 e. The molecule has 0 aromatic heterocycles. The Bertz CT molecular complexity index is 772. The highest BCUT2D eigenvalue weighted by Crippen LogP contribution is 2.26. The van der Waals surface area contributed by atoms with Crippen LogP contribution >= 0.6 is 0 Å². The van der Waals surface area contributed by atoms with Crippen LogP contribution in [-0.4, -0.2) is 20.4 Å². The molecule has 0 spiro atoms. The third-order valence-corrected chi connectivity index (χ3v) is 4.84. The molecular weight excluding hydrogens is 294 g/mol. The summed E-state index contributed by atoms with van der Waals surface area (Å²) in [6, 6.07) is 11.4. The van der Waals surface area contributed by atoms with E-state index < -0.39 is 14.9 Å². The fourth-order valence-electron chi connectivity index (χ4n) is 1.79. The highest BCUT2D eigenvalue weighted by Gasteiger charge is 2.23. The highest BCUT2D eigenvalue weighted by atomic mass is 32.2. The van der Waals surface area contributed by atoms with Crippen molar-refractivity contribution in [1.82, 2.24) is 0 Å². The Balaban J connectivity index is 2.41. The van der Waals surface area contributed by atoms with Crippen molar-refractivity contribution in [1.29, 1.82) is 0 Å². The maximum atomic E-state index is 12.5. The molecule has 0 radical (unpaired) electrons. The van der Waals surface area contributed by atoms with Crippen LogP contribution in [0.2, 0.25) is 0 Å². The molecule has 0 fully saturated rings. The Labute approximate surface area is 121 Å². The lowest BCUT2D eigenvalue weighted by Crippen LogP contribution is -2.27. The van der Waals surface area contributed by atoms with Crippen molar-refractivity contribution < 1.29 is 13.3 Å². The number of anilines is 2. The first-order valence-corrected chi connectivity index (χ1v) is 7.36. The summed E-state index contributed by atoms with van der Waals surface area (Å²) >= 11 is 0. The Morgan fingerprint density at radius 2 is 1.67 bits per heavy atom. The van der Waals surface area contributed by atoms with E-state index in [0.717, 1.165) is 4.31 Å². The van der Waals surface area contributed by atoms with Gasteiger partial charge < -0.3 is 5.73 Å². The summed E-state index contributed by atoms with van der Waals surface area (Å²) in [5.74, 6) is 0. The van der Waals surface area contributed by atoms with Crippen LogP contribution in [0.5, 0.6) is 0 Å². The van der Waals surface area contributed by atoms with Crippen molar-refractivity contribution in [3.63, 3.8) is 0 Å². The van der Waals surface area contributed by atoms with E-state index in [1.54, 1.807) is 12.1 Å². The van der Waals surface area contributed by atoms with E-state index in [0.29, 0.717) is 5.69 Å². The van der Waals surface area contributed by atoms with E-state index >= 15 is 0 Å². The van der Waals surface area contributed by atoms with Crippen LogP contribution in [0.1, 0.15) is 0 Å². The second kappa shape index (κ2) is 5.41. The number of nitro benzene ring substituents is 1. The molecule has 0 aliphatic heterocycles. The number of nitrogens with zero attached hydrogens (tertiary/aromatic N) is 2. The molecule has 0 unspecified atom stereocenters. The molecule has 0 saturated heterocycles. The minimum Gasteiger partial charge on any atom is -0.398 e. The summed E-state index contributed by atoms with van der Waals surface area (Å²) in [6.45, 7) is 0. The number of sulfonamides is 1. The van der Waals surface area contributed by atoms with E-state index in [9.17, 15) is 18.5 Å². The van der Waals surface area contributed by atoms with Gasteiger partial charge in [0.05, 0.1) is 16.3 Å². The Kier molecular flexibility index (Phi) is 3.81. The van der Waals surface area contributed by atoms with Crippen molar-refractivity contribution >= 4 is 27.1 Å². The molecule has 0 saturated carbocycles. The molecule has 110 valence electrons. The summed E-state index contributed by atoms with van der Waals surface area (Å²) in [5.41, 5.74) is 6.04. The van der Waals surface area contributed by atoms with Gasteiger partial charge in [0.1, 0.15) is 4.90 Å². The Morgan fingerprint density at radius 3 is 2.19 bits per heavy atom. The number of non-ortho nitro benzene ring substituents is 1. The Hall–Kier alpha value is -2.61. The fourth-order valence-corrected chi connectivity index (χ4v) is 3.10.